The summed E-state index contributed by atoms with van der Waals surface area (Å²) in [5, 5.41) is 3.62. The van der Waals surface area contributed by atoms with E-state index in [2.05, 4.69) is 63.7 Å². The normalized spacial score (nSPS) is 16.4. The molecule has 1 amide bonds. The van der Waals surface area contributed by atoms with Crippen LogP contribution in [0, 0.1) is 0 Å². The molecular weight excluding hydrogens is 424 g/mol. The van der Waals surface area contributed by atoms with Crippen molar-refractivity contribution in [1.29, 1.82) is 0 Å². The first-order valence-electron chi connectivity index (χ1n) is 9.83. The summed E-state index contributed by atoms with van der Waals surface area (Å²) < 4.78 is 1.03. The second-order valence-electron chi connectivity index (χ2n) is 7.14. The molecule has 0 aliphatic carbocycles. The number of hydrogen-bond donors (Lipinski definition) is 1. The SMILES string of the molecule is O=C(c1ccccc1)N1CCC(NCc2ccccc2)C=C1c1ccc(Br)cc1. The fourth-order valence-electron chi connectivity index (χ4n) is 3.58. The van der Waals surface area contributed by atoms with Crippen LogP contribution < -0.4 is 5.32 Å². The maximum Gasteiger partial charge on any atom is 0.258 e. The standard InChI is InChI=1S/C25H23BrN2O/c26-22-13-11-20(12-14-22)24-17-23(27-18-19-7-3-1-4-8-19)15-16-28(24)25(29)21-9-5-2-6-10-21/h1-14,17,23,27H,15-16,18H2. The number of halogens is 1. The second-order valence-corrected chi connectivity index (χ2v) is 8.06. The van der Waals surface area contributed by atoms with Crippen LogP contribution in [-0.4, -0.2) is 23.4 Å². The molecule has 1 atom stereocenters. The molecule has 0 saturated carbocycles. The molecule has 1 heterocycles. The smallest absolute Gasteiger partial charge is 0.258 e. The van der Waals surface area contributed by atoms with Crippen LogP contribution in [0.2, 0.25) is 0 Å². The molecule has 4 heteroatoms. The lowest BCUT2D eigenvalue weighted by Crippen LogP contribution is -2.40. The van der Waals surface area contributed by atoms with Gasteiger partial charge in [-0.2, -0.15) is 0 Å². The van der Waals surface area contributed by atoms with Crippen molar-refractivity contribution >= 4 is 27.5 Å². The Hall–Kier alpha value is -2.69. The van der Waals surface area contributed by atoms with Gasteiger partial charge in [0, 0.05) is 34.9 Å². The van der Waals surface area contributed by atoms with E-state index >= 15 is 0 Å². The van der Waals surface area contributed by atoms with E-state index in [1.165, 1.54) is 5.56 Å². The van der Waals surface area contributed by atoms with Gasteiger partial charge in [0.25, 0.3) is 5.91 Å². The van der Waals surface area contributed by atoms with E-state index < -0.39 is 0 Å². The zero-order valence-corrected chi connectivity index (χ0v) is 17.7. The van der Waals surface area contributed by atoms with E-state index in [1.54, 1.807) is 0 Å². The third-order valence-corrected chi connectivity index (χ3v) is 5.66. The van der Waals surface area contributed by atoms with Gasteiger partial charge in [0.2, 0.25) is 0 Å². The summed E-state index contributed by atoms with van der Waals surface area (Å²) in [6, 6.07) is 28.3. The molecule has 3 aromatic carbocycles. The largest absolute Gasteiger partial charge is 0.308 e. The van der Waals surface area contributed by atoms with Gasteiger partial charge in [-0.3, -0.25) is 4.79 Å². The minimum atomic E-state index is 0.0429. The summed E-state index contributed by atoms with van der Waals surface area (Å²) in [5.41, 5.74) is 3.98. The predicted octanol–water partition coefficient (Wildman–Crippen LogP) is 5.49. The van der Waals surface area contributed by atoms with Gasteiger partial charge in [0.15, 0.2) is 0 Å². The van der Waals surface area contributed by atoms with Gasteiger partial charge >= 0.3 is 0 Å². The maximum atomic E-state index is 13.2. The number of carbonyl (C=O) groups excluding carboxylic acids is 1. The van der Waals surface area contributed by atoms with E-state index in [0.717, 1.165) is 28.7 Å². The number of amides is 1. The lowest BCUT2D eigenvalue weighted by Gasteiger charge is -2.33. The highest BCUT2D eigenvalue weighted by atomic mass is 79.9. The predicted molar refractivity (Wildman–Crippen MR) is 121 cm³/mol. The van der Waals surface area contributed by atoms with Crippen molar-refractivity contribution in [3.05, 3.63) is 112 Å². The average Bonchev–Trinajstić information content (AvgIpc) is 2.79. The van der Waals surface area contributed by atoms with Crippen molar-refractivity contribution in [2.45, 2.75) is 19.0 Å². The number of rotatable bonds is 5. The molecule has 0 fully saturated rings. The van der Waals surface area contributed by atoms with Crippen molar-refractivity contribution in [3.63, 3.8) is 0 Å². The molecule has 29 heavy (non-hydrogen) atoms. The molecule has 0 bridgehead atoms. The minimum Gasteiger partial charge on any atom is -0.308 e. The Kier molecular flexibility index (Phi) is 6.23. The average molecular weight is 447 g/mol. The molecule has 3 nitrogen and oxygen atoms in total. The lowest BCUT2D eigenvalue weighted by atomic mass is 10.00. The van der Waals surface area contributed by atoms with Crippen molar-refractivity contribution in [3.8, 4) is 0 Å². The van der Waals surface area contributed by atoms with Crippen molar-refractivity contribution in [2.75, 3.05) is 6.54 Å². The molecule has 146 valence electrons. The monoisotopic (exact) mass is 446 g/mol. The van der Waals surface area contributed by atoms with Crippen LogP contribution in [0.25, 0.3) is 5.70 Å². The summed E-state index contributed by atoms with van der Waals surface area (Å²) >= 11 is 3.50. The van der Waals surface area contributed by atoms with Crippen molar-refractivity contribution in [2.24, 2.45) is 0 Å². The van der Waals surface area contributed by atoms with Gasteiger partial charge in [-0.25, -0.2) is 0 Å². The third-order valence-electron chi connectivity index (χ3n) is 5.13. The first-order valence-corrected chi connectivity index (χ1v) is 10.6. The molecule has 1 N–H and O–H groups in total. The molecule has 1 aliphatic rings. The number of nitrogens with zero attached hydrogens (tertiary/aromatic N) is 1. The van der Waals surface area contributed by atoms with Gasteiger partial charge in [0.05, 0.1) is 0 Å². The number of benzene rings is 3. The van der Waals surface area contributed by atoms with Crippen molar-refractivity contribution < 1.29 is 4.79 Å². The fraction of sp³-hybridized carbons (Fsp3) is 0.160. The zero-order chi connectivity index (χ0) is 20.1. The maximum absolute atomic E-state index is 13.2. The van der Waals surface area contributed by atoms with Gasteiger partial charge in [-0.15, -0.1) is 0 Å². The second kappa shape index (κ2) is 9.21. The van der Waals surface area contributed by atoms with Crippen LogP contribution in [0.5, 0.6) is 0 Å². The Morgan fingerprint density at radius 3 is 2.28 bits per heavy atom. The molecule has 1 unspecified atom stereocenters. The van der Waals surface area contributed by atoms with Gasteiger partial charge in [0.1, 0.15) is 0 Å². The Bertz CT molecular complexity index is 984. The van der Waals surface area contributed by atoms with E-state index in [-0.39, 0.29) is 11.9 Å². The van der Waals surface area contributed by atoms with Gasteiger partial charge < -0.3 is 10.2 Å². The number of carbonyl (C=O) groups is 1. The van der Waals surface area contributed by atoms with Crippen LogP contribution in [0.4, 0.5) is 0 Å². The third kappa shape index (κ3) is 4.84. The van der Waals surface area contributed by atoms with E-state index in [0.29, 0.717) is 12.1 Å². The summed E-state index contributed by atoms with van der Waals surface area (Å²) in [5.74, 6) is 0.0429. The summed E-state index contributed by atoms with van der Waals surface area (Å²) in [6.07, 6.45) is 3.07. The minimum absolute atomic E-state index is 0.0429. The van der Waals surface area contributed by atoms with Gasteiger partial charge in [-0.05, 0) is 47.9 Å². The molecular formula is C25H23BrN2O. The topological polar surface area (TPSA) is 32.3 Å². The highest BCUT2D eigenvalue weighted by molar-refractivity contribution is 9.10. The highest BCUT2D eigenvalue weighted by Gasteiger charge is 2.26. The van der Waals surface area contributed by atoms with Crippen molar-refractivity contribution in [1.82, 2.24) is 10.2 Å². The Labute approximate surface area is 180 Å². The molecule has 3 aromatic rings. The Morgan fingerprint density at radius 1 is 0.931 bits per heavy atom. The summed E-state index contributed by atoms with van der Waals surface area (Å²) in [6.45, 7) is 1.49. The zero-order valence-electron chi connectivity index (χ0n) is 16.1. The van der Waals surface area contributed by atoms with Gasteiger partial charge in [-0.1, -0.05) is 76.6 Å². The van der Waals surface area contributed by atoms with Crippen LogP contribution >= 0.6 is 15.9 Å². The molecule has 0 saturated heterocycles. The highest BCUT2D eigenvalue weighted by Crippen LogP contribution is 2.28. The van der Waals surface area contributed by atoms with Crippen LogP contribution in [-0.2, 0) is 6.54 Å². The van der Waals surface area contributed by atoms with Crippen LogP contribution in [0.15, 0.2) is 95.5 Å². The van der Waals surface area contributed by atoms with Crippen LogP contribution in [0.1, 0.15) is 27.9 Å². The molecule has 0 aromatic heterocycles. The summed E-state index contributed by atoms with van der Waals surface area (Å²) in [4.78, 5) is 15.1. The number of hydrogen-bond acceptors (Lipinski definition) is 2. The van der Waals surface area contributed by atoms with E-state index in [4.69, 9.17) is 0 Å². The summed E-state index contributed by atoms with van der Waals surface area (Å²) in [7, 11) is 0. The first kappa shape index (κ1) is 19.6. The van der Waals surface area contributed by atoms with E-state index in [1.807, 2.05) is 53.4 Å². The Balaban J connectivity index is 1.60. The fourth-order valence-corrected chi connectivity index (χ4v) is 3.84. The molecule has 4 rings (SSSR count). The molecule has 1 aliphatic heterocycles. The Morgan fingerprint density at radius 2 is 1.59 bits per heavy atom. The first-order chi connectivity index (χ1) is 14.2. The van der Waals surface area contributed by atoms with Crippen LogP contribution in [0.3, 0.4) is 0 Å². The molecule has 0 spiro atoms. The number of nitrogens with one attached hydrogen (secondary N) is 1. The lowest BCUT2D eigenvalue weighted by molar-refractivity contribution is 0.0826. The quantitative estimate of drug-likeness (QED) is 0.561. The van der Waals surface area contributed by atoms with E-state index in [9.17, 15) is 4.79 Å². The molecule has 0 radical (unpaired) electrons.